The Morgan fingerprint density at radius 1 is 1.16 bits per heavy atom. The first kappa shape index (κ1) is 19.8. The van der Waals surface area contributed by atoms with Gasteiger partial charge in [0.05, 0.1) is 5.02 Å². The Morgan fingerprint density at radius 3 is 2.40 bits per heavy atom. The fourth-order valence-corrected chi connectivity index (χ4v) is 4.25. The molecule has 0 spiro atoms. The summed E-state index contributed by atoms with van der Waals surface area (Å²) in [5.74, 6) is -0.581. The first-order valence-electron chi connectivity index (χ1n) is 7.88. The molecule has 2 aromatic carbocycles. The van der Waals surface area contributed by atoms with Crippen molar-refractivity contribution in [3.8, 4) is 0 Å². The average Bonchev–Trinajstić information content (AvgIpc) is 2.53. The Labute approximate surface area is 153 Å². The lowest BCUT2D eigenvalue weighted by molar-refractivity contribution is 0.346. The zero-order valence-corrected chi connectivity index (χ0v) is 16.0. The van der Waals surface area contributed by atoms with Crippen molar-refractivity contribution in [2.24, 2.45) is 0 Å². The van der Waals surface area contributed by atoms with E-state index in [1.807, 2.05) is 51.1 Å². The molecule has 0 saturated carbocycles. The maximum atomic E-state index is 13.1. The Balaban J connectivity index is 2.05. The lowest BCUT2D eigenvalue weighted by Crippen LogP contribution is -2.49. The molecule has 2 N–H and O–H groups in total. The second-order valence-corrected chi connectivity index (χ2v) is 8.70. The first-order chi connectivity index (χ1) is 11.6. The predicted octanol–water partition coefficient (Wildman–Crippen LogP) is 3.89. The lowest BCUT2D eigenvalue weighted by Gasteiger charge is -2.30. The van der Waals surface area contributed by atoms with Gasteiger partial charge < -0.3 is 5.32 Å². The molecule has 0 aliphatic carbocycles. The maximum absolute atomic E-state index is 13.1. The number of hydrogen-bond acceptors (Lipinski definition) is 3. The molecular formula is C18H22ClFN2O2S. The number of halogens is 2. The molecule has 0 bridgehead atoms. The van der Waals surface area contributed by atoms with Crippen molar-refractivity contribution in [3.05, 3.63) is 64.9 Å². The van der Waals surface area contributed by atoms with Gasteiger partial charge in [-0.2, -0.15) is 0 Å². The van der Waals surface area contributed by atoms with Crippen LogP contribution in [0.2, 0.25) is 5.02 Å². The van der Waals surface area contributed by atoms with Crippen molar-refractivity contribution in [3.63, 3.8) is 0 Å². The predicted molar refractivity (Wildman–Crippen MR) is 98.7 cm³/mol. The van der Waals surface area contributed by atoms with Crippen molar-refractivity contribution in [1.29, 1.82) is 0 Å². The van der Waals surface area contributed by atoms with Crippen molar-refractivity contribution in [2.75, 3.05) is 6.54 Å². The molecule has 25 heavy (non-hydrogen) atoms. The zero-order valence-electron chi connectivity index (χ0n) is 14.4. The van der Waals surface area contributed by atoms with E-state index in [0.29, 0.717) is 0 Å². The average molecular weight is 385 g/mol. The Kier molecular flexibility index (Phi) is 6.21. The van der Waals surface area contributed by atoms with Crippen molar-refractivity contribution in [1.82, 2.24) is 10.0 Å². The quantitative estimate of drug-likeness (QED) is 0.761. The van der Waals surface area contributed by atoms with Crippen LogP contribution in [0.5, 0.6) is 0 Å². The fourth-order valence-electron chi connectivity index (χ4n) is 2.51. The van der Waals surface area contributed by atoms with Crippen LogP contribution in [0.15, 0.2) is 53.4 Å². The summed E-state index contributed by atoms with van der Waals surface area (Å²) in [6.45, 7) is 5.98. The Bertz CT molecular complexity index is 826. The largest absolute Gasteiger partial charge is 0.304 e. The van der Waals surface area contributed by atoms with Crippen LogP contribution in [0.25, 0.3) is 0 Å². The molecule has 0 fully saturated rings. The summed E-state index contributed by atoms with van der Waals surface area (Å²) in [6, 6.07) is 13.1. The minimum atomic E-state index is -3.83. The van der Waals surface area contributed by atoms with Gasteiger partial charge in [0.25, 0.3) is 0 Å². The van der Waals surface area contributed by atoms with Gasteiger partial charge in [0.15, 0.2) is 0 Å². The van der Waals surface area contributed by atoms with Gasteiger partial charge in [0, 0.05) is 18.1 Å². The summed E-state index contributed by atoms with van der Waals surface area (Å²) in [6.07, 6.45) is 0. The summed E-state index contributed by atoms with van der Waals surface area (Å²) in [4.78, 5) is -0.137. The number of rotatable bonds is 7. The van der Waals surface area contributed by atoms with E-state index in [9.17, 15) is 12.8 Å². The normalized spacial score (nSPS) is 13.6. The van der Waals surface area contributed by atoms with E-state index < -0.39 is 21.4 Å². The summed E-state index contributed by atoms with van der Waals surface area (Å²) in [7, 11) is -3.83. The zero-order chi connectivity index (χ0) is 18.7. The van der Waals surface area contributed by atoms with Crippen LogP contribution in [-0.4, -0.2) is 20.5 Å². The topological polar surface area (TPSA) is 58.2 Å². The van der Waals surface area contributed by atoms with E-state index in [4.69, 9.17) is 11.6 Å². The Morgan fingerprint density at radius 2 is 1.80 bits per heavy atom. The summed E-state index contributed by atoms with van der Waals surface area (Å²) >= 11 is 5.85. The molecular weight excluding hydrogens is 363 g/mol. The SMILES string of the molecule is CC(NC(C)(C)CNS(=O)(=O)c1ccc(F)cc1Cl)c1ccccc1. The van der Waals surface area contributed by atoms with E-state index in [2.05, 4.69) is 10.0 Å². The number of sulfonamides is 1. The molecule has 2 rings (SSSR count). The summed E-state index contributed by atoms with van der Waals surface area (Å²) < 4.78 is 40.5. The van der Waals surface area contributed by atoms with Crippen molar-refractivity contribution >= 4 is 21.6 Å². The molecule has 0 heterocycles. The van der Waals surface area contributed by atoms with Gasteiger partial charge in [0.1, 0.15) is 10.7 Å². The van der Waals surface area contributed by atoms with Gasteiger partial charge in [-0.3, -0.25) is 0 Å². The van der Waals surface area contributed by atoms with Crippen molar-refractivity contribution in [2.45, 2.75) is 37.2 Å². The highest BCUT2D eigenvalue weighted by Gasteiger charge is 2.25. The molecule has 0 aliphatic rings. The molecule has 0 amide bonds. The van der Waals surface area contributed by atoms with Gasteiger partial charge in [-0.1, -0.05) is 41.9 Å². The van der Waals surface area contributed by atoms with Crippen LogP contribution in [-0.2, 0) is 10.0 Å². The second kappa shape index (κ2) is 7.83. The van der Waals surface area contributed by atoms with E-state index in [1.165, 1.54) is 0 Å². The highest BCUT2D eigenvalue weighted by molar-refractivity contribution is 7.89. The van der Waals surface area contributed by atoms with Crippen LogP contribution in [0.3, 0.4) is 0 Å². The minimum Gasteiger partial charge on any atom is -0.304 e. The standard InChI is InChI=1S/C18H22ClFN2O2S/c1-13(14-7-5-4-6-8-14)22-18(2,3)12-21-25(23,24)17-10-9-15(20)11-16(17)19/h4-11,13,21-22H,12H2,1-3H3. The molecule has 4 nitrogen and oxygen atoms in total. The molecule has 7 heteroatoms. The maximum Gasteiger partial charge on any atom is 0.242 e. The van der Waals surface area contributed by atoms with Gasteiger partial charge in [-0.05, 0) is 44.5 Å². The highest BCUT2D eigenvalue weighted by atomic mass is 35.5. The molecule has 136 valence electrons. The van der Waals surface area contributed by atoms with Crippen molar-refractivity contribution < 1.29 is 12.8 Å². The number of hydrogen-bond donors (Lipinski definition) is 2. The third kappa shape index (κ3) is 5.51. The monoisotopic (exact) mass is 384 g/mol. The van der Waals surface area contributed by atoms with Crippen LogP contribution in [0.4, 0.5) is 4.39 Å². The van der Waals surface area contributed by atoms with E-state index in [0.717, 1.165) is 23.8 Å². The molecule has 1 atom stereocenters. The third-order valence-corrected chi connectivity index (χ3v) is 5.68. The molecule has 0 aromatic heterocycles. The molecule has 0 aliphatic heterocycles. The Hall–Kier alpha value is -1.47. The van der Waals surface area contributed by atoms with E-state index in [-0.39, 0.29) is 22.5 Å². The second-order valence-electron chi connectivity index (χ2n) is 6.56. The summed E-state index contributed by atoms with van der Waals surface area (Å²) in [5, 5.41) is 3.26. The van der Waals surface area contributed by atoms with E-state index >= 15 is 0 Å². The van der Waals surface area contributed by atoms with E-state index in [1.54, 1.807) is 0 Å². The highest BCUT2D eigenvalue weighted by Crippen LogP contribution is 2.22. The number of nitrogens with one attached hydrogen (secondary N) is 2. The molecule has 0 radical (unpaired) electrons. The number of benzene rings is 2. The van der Waals surface area contributed by atoms with Crippen LogP contribution < -0.4 is 10.0 Å². The smallest absolute Gasteiger partial charge is 0.242 e. The van der Waals surface area contributed by atoms with Gasteiger partial charge in [-0.25, -0.2) is 17.5 Å². The lowest BCUT2D eigenvalue weighted by atomic mass is 10.0. The fraction of sp³-hybridized carbons (Fsp3) is 0.333. The van der Waals surface area contributed by atoms with Gasteiger partial charge in [-0.15, -0.1) is 0 Å². The molecule has 1 unspecified atom stereocenters. The molecule has 0 saturated heterocycles. The summed E-state index contributed by atoms with van der Waals surface area (Å²) in [5.41, 5.74) is 0.606. The van der Waals surface area contributed by atoms with Crippen LogP contribution in [0.1, 0.15) is 32.4 Å². The van der Waals surface area contributed by atoms with Gasteiger partial charge in [0.2, 0.25) is 10.0 Å². The van der Waals surface area contributed by atoms with Crippen LogP contribution >= 0.6 is 11.6 Å². The minimum absolute atomic E-state index is 0.0510. The van der Waals surface area contributed by atoms with Gasteiger partial charge >= 0.3 is 0 Å². The van der Waals surface area contributed by atoms with Crippen LogP contribution in [0, 0.1) is 5.82 Å². The molecule has 2 aromatic rings. The third-order valence-electron chi connectivity index (χ3n) is 3.79. The first-order valence-corrected chi connectivity index (χ1v) is 9.74.